The zero-order valence-corrected chi connectivity index (χ0v) is 13.0. The number of carbonyl (C=O) groups is 2. The Morgan fingerprint density at radius 1 is 0.857 bits per heavy atom. The number of hydrogen-bond acceptors (Lipinski definition) is 6. The van der Waals surface area contributed by atoms with Crippen molar-refractivity contribution in [2.24, 2.45) is 0 Å². The second-order valence-electron chi connectivity index (χ2n) is 5.17. The maximum atomic E-state index is 11.1. The van der Waals surface area contributed by atoms with E-state index >= 15 is 0 Å². The van der Waals surface area contributed by atoms with Gasteiger partial charge in [-0.3, -0.25) is 9.59 Å². The third-order valence-corrected chi connectivity index (χ3v) is 3.65. The molecular formula is C15H26O6. The van der Waals surface area contributed by atoms with E-state index in [1.807, 2.05) is 0 Å². The van der Waals surface area contributed by atoms with Gasteiger partial charge in [0.15, 0.2) is 5.79 Å². The number of rotatable bonds is 10. The van der Waals surface area contributed by atoms with Crippen molar-refractivity contribution in [1.29, 1.82) is 0 Å². The molecule has 0 unspecified atom stereocenters. The Bertz CT molecular complexity index is 296. The molecule has 0 saturated carbocycles. The molecule has 21 heavy (non-hydrogen) atoms. The van der Waals surface area contributed by atoms with Crippen molar-refractivity contribution in [3.8, 4) is 0 Å². The molecule has 6 nitrogen and oxygen atoms in total. The van der Waals surface area contributed by atoms with E-state index in [1.54, 1.807) is 0 Å². The van der Waals surface area contributed by atoms with Gasteiger partial charge in [-0.05, 0) is 25.7 Å². The normalized spacial score (nSPS) is 16.7. The zero-order chi connectivity index (χ0) is 15.6. The van der Waals surface area contributed by atoms with Gasteiger partial charge in [-0.2, -0.15) is 0 Å². The molecule has 1 fully saturated rings. The molecule has 6 heteroatoms. The van der Waals surface area contributed by atoms with Crippen molar-refractivity contribution >= 4 is 11.9 Å². The fraction of sp³-hybridized carbons (Fsp3) is 0.867. The number of ether oxygens (including phenoxy) is 4. The maximum absolute atomic E-state index is 11.1. The summed E-state index contributed by atoms with van der Waals surface area (Å²) in [4.78, 5) is 22.1. The summed E-state index contributed by atoms with van der Waals surface area (Å²) < 4.78 is 20.7. The molecule has 0 aromatic rings. The number of hydrogen-bond donors (Lipinski definition) is 0. The van der Waals surface area contributed by atoms with Gasteiger partial charge in [0.1, 0.15) is 0 Å². The van der Waals surface area contributed by atoms with Crippen molar-refractivity contribution < 1.29 is 28.5 Å². The topological polar surface area (TPSA) is 71.1 Å². The van der Waals surface area contributed by atoms with Crippen molar-refractivity contribution in [3.63, 3.8) is 0 Å². The lowest BCUT2D eigenvalue weighted by Gasteiger charge is -2.27. The second kappa shape index (κ2) is 9.73. The van der Waals surface area contributed by atoms with Crippen LogP contribution in [0.3, 0.4) is 0 Å². The minimum absolute atomic E-state index is 0.185. The SMILES string of the molecule is COC(=O)CCCCC1(CCCCC(=O)OC)OCCO1. The van der Waals surface area contributed by atoms with Crippen LogP contribution in [0.25, 0.3) is 0 Å². The first kappa shape index (κ1) is 17.9. The van der Waals surface area contributed by atoms with E-state index in [2.05, 4.69) is 9.47 Å². The van der Waals surface area contributed by atoms with Crippen molar-refractivity contribution in [2.75, 3.05) is 27.4 Å². The summed E-state index contributed by atoms with van der Waals surface area (Å²) in [5, 5.41) is 0. The van der Waals surface area contributed by atoms with Crippen LogP contribution in [-0.4, -0.2) is 45.2 Å². The average molecular weight is 302 g/mol. The largest absolute Gasteiger partial charge is 0.469 e. The third-order valence-electron chi connectivity index (χ3n) is 3.65. The summed E-state index contributed by atoms with van der Waals surface area (Å²) >= 11 is 0. The van der Waals surface area contributed by atoms with Gasteiger partial charge in [0.05, 0.1) is 27.4 Å². The minimum Gasteiger partial charge on any atom is -0.469 e. The summed E-state index contributed by atoms with van der Waals surface area (Å²) in [7, 11) is 2.79. The molecule has 0 N–H and O–H groups in total. The smallest absolute Gasteiger partial charge is 0.305 e. The van der Waals surface area contributed by atoms with Crippen LogP contribution in [0.5, 0.6) is 0 Å². The van der Waals surface area contributed by atoms with Gasteiger partial charge < -0.3 is 18.9 Å². The highest BCUT2D eigenvalue weighted by Gasteiger charge is 2.35. The van der Waals surface area contributed by atoms with Gasteiger partial charge in [-0.25, -0.2) is 0 Å². The first-order chi connectivity index (χ1) is 10.1. The zero-order valence-electron chi connectivity index (χ0n) is 13.0. The van der Waals surface area contributed by atoms with E-state index in [4.69, 9.17) is 9.47 Å². The lowest BCUT2D eigenvalue weighted by atomic mass is 10.0. The highest BCUT2D eigenvalue weighted by molar-refractivity contribution is 5.69. The van der Waals surface area contributed by atoms with Crippen molar-refractivity contribution in [3.05, 3.63) is 0 Å². The van der Waals surface area contributed by atoms with Crippen LogP contribution >= 0.6 is 0 Å². The molecule has 0 spiro atoms. The predicted molar refractivity (Wildman–Crippen MR) is 75.6 cm³/mol. The molecule has 0 radical (unpaired) electrons. The average Bonchev–Trinajstić information content (AvgIpc) is 2.96. The summed E-state index contributed by atoms with van der Waals surface area (Å²) in [6, 6.07) is 0. The molecule has 0 atom stereocenters. The summed E-state index contributed by atoms with van der Waals surface area (Å²) in [5.74, 6) is -0.905. The lowest BCUT2D eigenvalue weighted by Crippen LogP contribution is -2.30. The van der Waals surface area contributed by atoms with E-state index < -0.39 is 5.79 Å². The highest BCUT2D eigenvalue weighted by Crippen LogP contribution is 2.31. The molecule has 1 aliphatic heterocycles. The molecule has 0 aliphatic carbocycles. The number of unbranched alkanes of at least 4 members (excludes halogenated alkanes) is 2. The molecule has 122 valence electrons. The highest BCUT2D eigenvalue weighted by atomic mass is 16.7. The monoisotopic (exact) mass is 302 g/mol. The first-order valence-corrected chi connectivity index (χ1v) is 7.53. The third kappa shape index (κ3) is 6.91. The molecule has 1 rings (SSSR count). The van der Waals surface area contributed by atoms with Crippen molar-refractivity contribution in [2.45, 2.75) is 57.2 Å². The Labute approximate surface area is 126 Å². The van der Waals surface area contributed by atoms with Crippen LogP contribution in [-0.2, 0) is 28.5 Å². The van der Waals surface area contributed by atoms with E-state index in [0.717, 1.165) is 38.5 Å². The van der Waals surface area contributed by atoms with Crippen LogP contribution in [0.2, 0.25) is 0 Å². The molecule has 1 aliphatic rings. The van der Waals surface area contributed by atoms with Gasteiger partial charge >= 0.3 is 11.9 Å². The van der Waals surface area contributed by atoms with Crippen molar-refractivity contribution in [1.82, 2.24) is 0 Å². The molecular weight excluding hydrogens is 276 g/mol. The molecule has 0 aromatic carbocycles. The molecule has 1 heterocycles. The fourth-order valence-corrected chi connectivity index (χ4v) is 2.44. The molecule has 0 aromatic heterocycles. The van der Waals surface area contributed by atoms with E-state index in [1.165, 1.54) is 14.2 Å². The Morgan fingerprint density at radius 3 is 1.67 bits per heavy atom. The molecule has 1 saturated heterocycles. The van der Waals surface area contributed by atoms with E-state index in [9.17, 15) is 9.59 Å². The van der Waals surface area contributed by atoms with Crippen LogP contribution in [0.15, 0.2) is 0 Å². The molecule has 0 bridgehead atoms. The summed E-state index contributed by atoms with van der Waals surface area (Å²) in [5.41, 5.74) is 0. The van der Waals surface area contributed by atoms with Gasteiger partial charge in [-0.15, -0.1) is 0 Å². The minimum atomic E-state index is -0.535. The van der Waals surface area contributed by atoms with Gasteiger partial charge in [0.25, 0.3) is 0 Å². The number of carbonyl (C=O) groups excluding carboxylic acids is 2. The van der Waals surface area contributed by atoms with Gasteiger partial charge in [-0.1, -0.05) is 0 Å². The Balaban J connectivity index is 2.23. The van der Waals surface area contributed by atoms with Crippen LogP contribution < -0.4 is 0 Å². The second-order valence-corrected chi connectivity index (χ2v) is 5.17. The summed E-state index contributed by atoms with van der Waals surface area (Å²) in [6.45, 7) is 1.21. The summed E-state index contributed by atoms with van der Waals surface area (Å²) in [6.07, 6.45) is 5.62. The van der Waals surface area contributed by atoms with E-state index in [-0.39, 0.29) is 11.9 Å². The quantitative estimate of drug-likeness (QED) is 0.455. The Hall–Kier alpha value is -1.14. The van der Waals surface area contributed by atoms with Gasteiger partial charge in [0.2, 0.25) is 0 Å². The predicted octanol–water partition coefficient (Wildman–Crippen LogP) is 2.20. The first-order valence-electron chi connectivity index (χ1n) is 7.53. The fourth-order valence-electron chi connectivity index (χ4n) is 2.44. The van der Waals surface area contributed by atoms with Crippen LogP contribution in [0, 0.1) is 0 Å². The molecule has 0 amide bonds. The van der Waals surface area contributed by atoms with E-state index in [0.29, 0.717) is 26.1 Å². The number of methoxy groups -OCH3 is 2. The Kier molecular flexibility index (Phi) is 8.30. The maximum Gasteiger partial charge on any atom is 0.305 e. The number of esters is 2. The standard InChI is InChI=1S/C15H26O6/c1-18-13(16)7-3-5-9-15(20-11-12-21-15)10-6-4-8-14(17)19-2/h3-12H2,1-2H3. The van der Waals surface area contributed by atoms with Crippen LogP contribution in [0.4, 0.5) is 0 Å². The lowest BCUT2D eigenvalue weighted by molar-refractivity contribution is -0.169. The van der Waals surface area contributed by atoms with Crippen LogP contribution in [0.1, 0.15) is 51.4 Å². The Morgan fingerprint density at radius 2 is 1.29 bits per heavy atom. The van der Waals surface area contributed by atoms with Gasteiger partial charge in [0, 0.05) is 25.7 Å².